The third kappa shape index (κ3) is 7.56. The van der Waals surface area contributed by atoms with Crippen molar-refractivity contribution < 1.29 is 22.7 Å². The van der Waals surface area contributed by atoms with Crippen molar-refractivity contribution >= 4 is 50.7 Å². The van der Waals surface area contributed by atoms with E-state index in [-0.39, 0.29) is 34.1 Å². The van der Waals surface area contributed by atoms with Crippen LogP contribution in [0.3, 0.4) is 0 Å². The molecule has 0 radical (unpaired) electrons. The van der Waals surface area contributed by atoms with Gasteiger partial charge in [0.25, 0.3) is 10.0 Å². The number of benzene rings is 3. The first-order chi connectivity index (χ1) is 20.1. The second kappa shape index (κ2) is 14.3. The van der Waals surface area contributed by atoms with E-state index in [0.29, 0.717) is 17.2 Å². The SMILES string of the molecule is CC[C@H](C(=O)NC1CCCC1)N(Cc1ccc(OC)cc1)C(=O)CN(c1ccc(Cl)cc1Cl)S(=O)(=O)c1ccccc1. The summed E-state index contributed by atoms with van der Waals surface area (Å²) in [6.07, 6.45) is 4.22. The topological polar surface area (TPSA) is 96.0 Å². The molecule has 1 aliphatic rings. The van der Waals surface area contributed by atoms with Crippen LogP contribution in [0.2, 0.25) is 10.0 Å². The Hall–Kier alpha value is -3.27. The summed E-state index contributed by atoms with van der Waals surface area (Å²) in [5.41, 5.74) is 0.865. The first kappa shape index (κ1) is 31.7. The van der Waals surface area contributed by atoms with Gasteiger partial charge in [-0.2, -0.15) is 0 Å². The number of sulfonamides is 1. The van der Waals surface area contributed by atoms with E-state index >= 15 is 0 Å². The number of anilines is 1. The first-order valence-corrected chi connectivity index (χ1v) is 16.1. The highest BCUT2D eigenvalue weighted by atomic mass is 35.5. The number of methoxy groups -OCH3 is 1. The van der Waals surface area contributed by atoms with Gasteiger partial charge >= 0.3 is 0 Å². The largest absolute Gasteiger partial charge is 0.497 e. The van der Waals surface area contributed by atoms with Gasteiger partial charge in [-0.05, 0) is 67.3 Å². The van der Waals surface area contributed by atoms with Crippen LogP contribution in [0.25, 0.3) is 0 Å². The van der Waals surface area contributed by atoms with Gasteiger partial charge in [0.1, 0.15) is 18.3 Å². The van der Waals surface area contributed by atoms with Crippen molar-refractivity contribution in [2.45, 2.75) is 62.6 Å². The Morgan fingerprint density at radius 2 is 1.67 bits per heavy atom. The Morgan fingerprint density at radius 3 is 2.26 bits per heavy atom. The molecule has 4 rings (SSSR count). The molecular formula is C31H35Cl2N3O5S. The molecule has 3 aromatic rings. The van der Waals surface area contributed by atoms with Gasteiger partial charge in [-0.25, -0.2) is 8.42 Å². The third-order valence-corrected chi connectivity index (χ3v) is 9.70. The third-order valence-electron chi connectivity index (χ3n) is 7.39. The summed E-state index contributed by atoms with van der Waals surface area (Å²) in [6, 6.07) is 18.7. The zero-order valence-corrected chi connectivity index (χ0v) is 26.0. The average Bonchev–Trinajstić information content (AvgIpc) is 3.50. The minimum Gasteiger partial charge on any atom is -0.497 e. The highest BCUT2D eigenvalue weighted by Crippen LogP contribution is 2.33. The fourth-order valence-electron chi connectivity index (χ4n) is 5.13. The van der Waals surface area contributed by atoms with Gasteiger partial charge in [-0.15, -0.1) is 0 Å². The quantitative estimate of drug-likeness (QED) is 0.262. The summed E-state index contributed by atoms with van der Waals surface area (Å²) < 4.78 is 34.1. The van der Waals surface area contributed by atoms with Crippen molar-refractivity contribution in [3.05, 3.63) is 88.4 Å². The summed E-state index contributed by atoms with van der Waals surface area (Å²) in [5.74, 6) is -0.154. The van der Waals surface area contributed by atoms with Gasteiger partial charge < -0.3 is 15.0 Å². The standard InChI is InChI=1S/C31H35Cl2N3O5S/c1-3-28(31(38)34-24-9-7-8-10-24)35(20-22-13-16-25(41-2)17-14-22)30(37)21-36(29-18-15-23(32)19-27(29)33)42(39,40)26-11-5-4-6-12-26/h4-6,11-19,24,28H,3,7-10,20-21H2,1-2H3,(H,34,38)/t28-/m1/s1. The van der Waals surface area contributed by atoms with Crippen LogP contribution in [0.5, 0.6) is 5.75 Å². The van der Waals surface area contributed by atoms with Crippen molar-refractivity contribution in [2.75, 3.05) is 18.0 Å². The van der Waals surface area contributed by atoms with Gasteiger partial charge in [0.15, 0.2) is 0 Å². The predicted octanol–water partition coefficient (Wildman–Crippen LogP) is 6.06. The number of ether oxygens (including phenoxy) is 1. The Bertz CT molecular complexity index is 1480. The summed E-state index contributed by atoms with van der Waals surface area (Å²) >= 11 is 12.6. The van der Waals surface area contributed by atoms with Gasteiger partial charge in [-0.3, -0.25) is 13.9 Å². The lowest BCUT2D eigenvalue weighted by atomic mass is 10.1. The smallest absolute Gasteiger partial charge is 0.264 e. The van der Waals surface area contributed by atoms with Crippen LogP contribution in [0.4, 0.5) is 5.69 Å². The van der Waals surface area contributed by atoms with Gasteiger partial charge in [0, 0.05) is 17.6 Å². The zero-order chi connectivity index (χ0) is 30.3. The lowest BCUT2D eigenvalue weighted by Gasteiger charge is -2.34. The molecule has 0 saturated heterocycles. The summed E-state index contributed by atoms with van der Waals surface area (Å²) in [7, 11) is -2.67. The molecule has 0 aliphatic heterocycles. The molecule has 11 heteroatoms. The summed E-state index contributed by atoms with van der Waals surface area (Å²) in [5, 5.41) is 3.50. The number of halogens is 2. The number of nitrogens with one attached hydrogen (secondary N) is 1. The number of rotatable bonds is 12. The molecule has 1 fully saturated rings. The van der Waals surface area contributed by atoms with E-state index in [4.69, 9.17) is 27.9 Å². The van der Waals surface area contributed by atoms with Crippen LogP contribution < -0.4 is 14.4 Å². The number of hydrogen-bond acceptors (Lipinski definition) is 5. The minimum absolute atomic E-state index is 0.00320. The molecule has 1 saturated carbocycles. The highest BCUT2D eigenvalue weighted by molar-refractivity contribution is 7.92. The maximum atomic E-state index is 14.2. The molecule has 8 nitrogen and oxygen atoms in total. The van der Waals surface area contributed by atoms with Crippen LogP contribution in [0.1, 0.15) is 44.6 Å². The van der Waals surface area contributed by atoms with Gasteiger partial charge in [0.05, 0.1) is 22.7 Å². The lowest BCUT2D eigenvalue weighted by molar-refractivity contribution is -0.140. The molecule has 1 N–H and O–H groups in total. The first-order valence-electron chi connectivity index (χ1n) is 13.9. The predicted molar refractivity (Wildman–Crippen MR) is 165 cm³/mol. The minimum atomic E-state index is -4.23. The van der Waals surface area contributed by atoms with E-state index in [2.05, 4.69) is 5.32 Å². The molecule has 1 atom stereocenters. The zero-order valence-electron chi connectivity index (χ0n) is 23.6. The monoisotopic (exact) mass is 631 g/mol. The van der Waals surface area contributed by atoms with Crippen molar-refractivity contribution in [3.63, 3.8) is 0 Å². The fourth-order valence-corrected chi connectivity index (χ4v) is 7.15. The van der Waals surface area contributed by atoms with Crippen LogP contribution in [-0.4, -0.2) is 50.9 Å². The fraction of sp³-hybridized carbons (Fsp3) is 0.355. The normalized spacial score (nSPS) is 14.3. The maximum absolute atomic E-state index is 14.2. The molecular weight excluding hydrogens is 597 g/mol. The average molecular weight is 633 g/mol. The molecule has 2 amide bonds. The summed E-state index contributed by atoms with van der Waals surface area (Å²) in [4.78, 5) is 29.2. The van der Waals surface area contributed by atoms with Crippen molar-refractivity contribution in [3.8, 4) is 5.75 Å². The highest BCUT2D eigenvalue weighted by Gasteiger charge is 2.35. The van der Waals surface area contributed by atoms with Crippen LogP contribution in [0, 0.1) is 0 Å². The second-order valence-corrected chi connectivity index (χ2v) is 12.9. The molecule has 0 bridgehead atoms. The van der Waals surface area contributed by atoms with E-state index < -0.39 is 28.5 Å². The number of carbonyl (C=O) groups is 2. The Labute approximate surface area is 257 Å². The van der Waals surface area contributed by atoms with Crippen LogP contribution in [-0.2, 0) is 26.2 Å². The Morgan fingerprint density at radius 1 is 1.00 bits per heavy atom. The van der Waals surface area contributed by atoms with Crippen LogP contribution in [0.15, 0.2) is 77.7 Å². The number of nitrogens with zero attached hydrogens (tertiary/aromatic N) is 2. The lowest BCUT2D eigenvalue weighted by Crippen LogP contribution is -2.53. The molecule has 0 aromatic heterocycles. The van der Waals surface area contributed by atoms with E-state index in [1.54, 1.807) is 37.4 Å². The molecule has 0 spiro atoms. The van der Waals surface area contributed by atoms with Crippen LogP contribution >= 0.6 is 23.2 Å². The Balaban J connectivity index is 1.72. The van der Waals surface area contributed by atoms with Crippen molar-refractivity contribution in [1.29, 1.82) is 0 Å². The van der Waals surface area contributed by atoms with E-state index in [0.717, 1.165) is 35.6 Å². The molecule has 42 heavy (non-hydrogen) atoms. The molecule has 3 aromatic carbocycles. The van der Waals surface area contributed by atoms with E-state index in [1.807, 2.05) is 19.1 Å². The van der Waals surface area contributed by atoms with E-state index in [9.17, 15) is 18.0 Å². The summed E-state index contributed by atoms with van der Waals surface area (Å²) in [6.45, 7) is 1.34. The van der Waals surface area contributed by atoms with Gasteiger partial charge in [-0.1, -0.05) is 73.3 Å². The molecule has 0 unspecified atom stereocenters. The Kier molecular flexibility index (Phi) is 10.8. The number of carbonyl (C=O) groups excluding carboxylic acids is 2. The van der Waals surface area contributed by atoms with Crippen molar-refractivity contribution in [1.82, 2.24) is 10.2 Å². The number of amides is 2. The van der Waals surface area contributed by atoms with Gasteiger partial charge in [0.2, 0.25) is 11.8 Å². The number of hydrogen-bond donors (Lipinski definition) is 1. The van der Waals surface area contributed by atoms with Crippen molar-refractivity contribution in [2.24, 2.45) is 0 Å². The van der Waals surface area contributed by atoms with E-state index in [1.165, 1.54) is 35.2 Å². The second-order valence-electron chi connectivity index (χ2n) is 10.2. The molecule has 224 valence electrons. The molecule has 1 aliphatic carbocycles. The molecule has 0 heterocycles. The maximum Gasteiger partial charge on any atom is 0.264 e.